The maximum Gasteiger partial charge on any atom is 0.0705 e. The zero-order valence-electron chi connectivity index (χ0n) is 15.3. The number of hydrogen-bond acceptors (Lipinski definition) is 1. The molecule has 0 spiro atoms. The van der Waals surface area contributed by atoms with Crippen molar-refractivity contribution in [3.05, 3.63) is 35.5 Å². The molecule has 2 aromatic rings. The highest BCUT2D eigenvalue weighted by Crippen LogP contribution is 2.29. The lowest BCUT2D eigenvalue weighted by Gasteiger charge is -2.21. The molecule has 0 saturated heterocycles. The topological polar surface area (TPSA) is 25.2 Å². The maximum absolute atomic E-state index is 9.76. The third-order valence-electron chi connectivity index (χ3n) is 5.42. The fourth-order valence-corrected chi connectivity index (χ4v) is 3.66. The van der Waals surface area contributed by atoms with Gasteiger partial charge in [0.2, 0.25) is 0 Å². The summed E-state index contributed by atoms with van der Waals surface area (Å²) in [6.07, 6.45) is 6.45. The van der Waals surface area contributed by atoms with Gasteiger partial charge in [-0.2, -0.15) is 0 Å². The molecule has 0 aliphatic heterocycles. The number of hydrogen-bond donors (Lipinski definition) is 1. The van der Waals surface area contributed by atoms with E-state index in [4.69, 9.17) is 0 Å². The normalized spacial score (nSPS) is 14.3. The van der Waals surface area contributed by atoms with Gasteiger partial charge in [0.05, 0.1) is 6.61 Å². The molecule has 23 heavy (non-hydrogen) atoms. The Morgan fingerprint density at radius 2 is 1.83 bits per heavy atom. The first-order valence-corrected chi connectivity index (χ1v) is 9.29. The lowest BCUT2D eigenvalue weighted by Crippen LogP contribution is -2.13. The van der Waals surface area contributed by atoms with Crippen molar-refractivity contribution in [2.45, 2.75) is 73.0 Å². The Morgan fingerprint density at radius 3 is 2.48 bits per heavy atom. The zero-order chi connectivity index (χ0) is 16.8. The van der Waals surface area contributed by atoms with Gasteiger partial charge in [0.1, 0.15) is 0 Å². The molecule has 1 aromatic heterocycles. The van der Waals surface area contributed by atoms with Gasteiger partial charge in [-0.25, -0.2) is 0 Å². The van der Waals surface area contributed by atoms with E-state index in [1.54, 1.807) is 0 Å². The van der Waals surface area contributed by atoms with Crippen LogP contribution in [-0.2, 0) is 13.2 Å². The molecule has 0 fully saturated rings. The second-order valence-electron chi connectivity index (χ2n) is 7.10. The fraction of sp³-hybridized carbons (Fsp3) is 0.619. The lowest BCUT2D eigenvalue weighted by molar-refractivity contribution is 0.281. The summed E-state index contributed by atoms with van der Waals surface area (Å²) in [6.45, 7) is 10.3. The van der Waals surface area contributed by atoms with Gasteiger partial charge in [0, 0.05) is 28.7 Å². The Balaban J connectivity index is 2.25. The SMILES string of the molecule is CCCC(CCC(C)CC)Cn1c(C)c(CO)c2ccccc21. The van der Waals surface area contributed by atoms with Crippen molar-refractivity contribution in [3.8, 4) is 0 Å². The summed E-state index contributed by atoms with van der Waals surface area (Å²) in [5, 5.41) is 11.0. The van der Waals surface area contributed by atoms with Crippen molar-refractivity contribution < 1.29 is 5.11 Å². The van der Waals surface area contributed by atoms with Crippen LogP contribution in [0.15, 0.2) is 24.3 Å². The zero-order valence-corrected chi connectivity index (χ0v) is 15.3. The highest BCUT2D eigenvalue weighted by Gasteiger charge is 2.17. The van der Waals surface area contributed by atoms with E-state index in [1.165, 1.54) is 48.7 Å². The standard InChI is InChI=1S/C21H33NO/c1-5-9-18(13-12-16(3)6-2)14-22-17(4)20(15-23)19-10-7-8-11-21(19)22/h7-8,10-11,16,18,23H,5-6,9,12-15H2,1-4H3. The fourth-order valence-electron chi connectivity index (χ4n) is 3.66. The largest absolute Gasteiger partial charge is 0.392 e. The van der Waals surface area contributed by atoms with Crippen LogP contribution in [-0.4, -0.2) is 9.67 Å². The van der Waals surface area contributed by atoms with E-state index in [0.717, 1.165) is 23.9 Å². The van der Waals surface area contributed by atoms with Gasteiger partial charge in [-0.05, 0) is 37.7 Å². The predicted octanol–water partition coefficient (Wildman–Crippen LogP) is 5.68. The molecule has 0 aliphatic carbocycles. The molecule has 2 nitrogen and oxygen atoms in total. The summed E-state index contributed by atoms with van der Waals surface area (Å²) in [5.41, 5.74) is 3.61. The Bertz CT molecular complexity index is 614. The third-order valence-corrected chi connectivity index (χ3v) is 5.42. The summed E-state index contributed by atoms with van der Waals surface area (Å²) in [4.78, 5) is 0. The summed E-state index contributed by atoms with van der Waals surface area (Å²) in [5.74, 6) is 1.56. The predicted molar refractivity (Wildman–Crippen MR) is 99.7 cm³/mol. The van der Waals surface area contributed by atoms with Crippen LogP contribution in [0, 0.1) is 18.8 Å². The number of benzene rings is 1. The molecule has 0 saturated carbocycles. The highest BCUT2D eigenvalue weighted by molar-refractivity contribution is 5.85. The molecular weight excluding hydrogens is 282 g/mol. The van der Waals surface area contributed by atoms with E-state index in [0.29, 0.717) is 0 Å². The van der Waals surface area contributed by atoms with E-state index >= 15 is 0 Å². The van der Waals surface area contributed by atoms with E-state index in [1.807, 2.05) is 0 Å². The first-order valence-electron chi connectivity index (χ1n) is 9.29. The number of fused-ring (bicyclic) bond motifs is 1. The Kier molecular flexibility index (Phi) is 6.71. The molecule has 0 bridgehead atoms. The Hall–Kier alpha value is -1.28. The average Bonchev–Trinajstić information content (AvgIpc) is 2.84. The number of aromatic nitrogens is 1. The summed E-state index contributed by atoms with van der Waals surface area (Å²) < 4.78 is 2.44. The smallest absolute Gasteiger partial charge is 0.0705 e. The minimum atomic E-state index is 0.130. The van der Waals surface area contributed by atoms with Crippen molar-refractivity contribution in [2.75, 3.05) is 0 Å². The highest BCUT2D eigenvalue weighted by atomic mass is 16.3. The maximum atomic E-state index is 9.76. The average molecular weight is 316 g/mol. The first-order chi connectivity index (χ1) is 11.1. The van der Waals surface area contributed by atoms with Crippen molar-refractivity contribution in [1.82, 2.24) is 4.57 Å². The van der Waals surface area contributed by atoms with E-state index < -0.39 is 0 Å². The van der Waals surface area contributed by atoms with Crippen LogP contribution in [0.3, 0.4) is 0 Å². The van der Waals surface area contributed by atoms with Crippen LogP contribution < -0.4 is 0 Å². The number of rotatable bonds is 9. The summed E-state index contributed by atoms with van der Waals surface area (Å²) in [7, 11) is 0. The van der Waals surface area contributed by atoms with Crippen molar-refractivity contribution in [2.24, 2.45) is 11.8 Å². The van der Waals surface area contributed by atoms with Crippen LogP contribution in [0.5, 0.6) is 0 Å². The molecule has 128 valence electrons. The van der Waals surface area contributed by atoms with Gasteiger partial charge in [0.15, 0.2) is 0 Å². The lowest BCUT2D eigenvalue weighted by atomic mass is 9.92. The molecule has 0 aliphatic rings. The summed E-state index contributed by atoms with van der Waals surface area (Å²) >= 11 is 0. The molecule has 0 radical (unpaired) electrons. The molecule has 2 rings (SSSR count). The molecule has 2 atom stereocenters. The van der Waals surface area contributed by atoms with Crippen LogP contribution in [0.2, 0.25) is 0 Å². The van der Waals surface area contributed by atoms with E-state index in [2.05, 4.69) is 56.5 Å². The van der Waals surface area contributed by atoms with Crippen molar-refractivity contribution >= 4 is 10.9 Å². The van der Waals surface area contributed by atoms with Gasteiger partial charge in [-0.3, -0.25) is 0 Å². The van der Waals surface area contributed by atoms with Crippen LogP contribution in [0.4, 0.5) is 0 Å². The Morgan fingerprint density at radius 1 is 1.09 bits per heavy atom. The number of para-hydroxylation sites is 1. The van der Waals surface area contributed by atoms with Crippen LogP contribution in [0.1, 0.15) is 64.1 Å². The van der Waals surface area contributed by atoms with Crippen LogP contribution in [0.25, 0.3) is 10.9 Å². The van der Waals surface area contributed by atoms with Crippen LogP contribution >= 0.6 is 0 Å². The monoisotopic (exact) mass is 315 g/mol. The minimum Gasteiger partial charge on any atom is -0.392 e. The second kappa shape index (κ2) is 8.54. The first kappa shape index (κ1) is 18.1. The van der Waals surface area contributed by atoms with E-state index in [-0.39, 0.29) is 6.61 Å². The molecular formula is C21H33NO. The Labute approximate surface area is 141 Å². The van der Waals surface area contributed by atoms with Gasteiger partial charge < -0.3 is 9.67 Å². The quantitative estimate of drug-likeness (QED) is 0.632. The third kappa shape index (κ3) is 4.17. The van der Waals surface area contributed by atoms with Crippen molar-refractivity contribution in [3.63, 3.8) is 0 Å². The van der Waals surface area contributed by atoms with Gasteiger partial charge >= 0.3 is 0 Å². The number of nitrogens with zero attached hydrogens (tertiary/aromatic N) is 1. The van der Waals surface area contributed by atoms with Gasteiger partial charge in [-0.1, -0.05) is 58.2 Å². The molecule has 1 aromatic carbocycles. The van der Waals surface area contributed by atoms with Gasteiger partial charge in [-0.15, -0.1) is 0 Å². The number of aliphatic hydroxyl groups excluding tert-OH is 1. The van der Waals surface area contributed by atoms with Crippen molar-refractivity contribution in [1.29, 1.82) is 0 Å². The molecule has 1 N–H and O–H groups in total. The number of aliphatic hydroxyl groups is 1. The summed E-state index contributed by atoms with van der Waals surface area (Å²) in [6, 6.07) is 8.50. The van der Waals surface area contributed by atoms with Gasteiger partial charge in [0.25, 0.3) is 0 Å². The molecule has 2 unspecified atom stereocenters. The minimum absolute atomic E-state index is 0.130. The van der Waals surface area contributed by atoms with E-state index in [9.17, 15) is 5.11 Å². The second-order valence-corrected chi connectivity index (χ2v) is 7.10. The molecule has 2 heteroatoms. The molecule has 1 heterocycles. The molecule has 0 amide bonds.